The molecule has 2 atom stereocenters. The van der Waals surface area contributed by atoms with E-state index >= 15 is 0 Å². The third-order valence-electron chi connectivity index (χ3n) is 3.76. The van der Waals surface area contributed by atoms with Gasteiger partial charge in [-0.25, -0.2) is 8.78 Å². The van der Waals surface area contributed by atoms with E-state index in [2.05, 4.69) is 5.32 Å². The summed E-state index contributed by atoms with van der Waals surface area (Å²) >= 11 is 0. The van der Waals surface area contributed by atoms with Gasteiger partial charge >= 0.3 is 0 Å². The molecule has 0 amide bonds. The number of aryl methyl sites for hydroxylation is 1. The lowest BCUT2D eigenvalue weighted by molar-refractivity contribution is -0.0550. The first kappa shape index (κ1) is 13.5. The van der Waals surface area contributed by atoms with Crippen LogP contribution in [0.4, 0.5) is 8.78 Å². The smallest absolute Gasteiger partial charge is 0.248 e. The van der Waals surface area contributed by atoms with Crippen LogP contribution in [0.3, 0.4) is 0 Å². The zero-order valence-electron chi connectivity index (χ0n) is 11.0. The standard InChI is InChI=1S/C14H21F2NO/c1-10-5-6-13(18-10)12(17-2)8-11-4-3-7-14(15,16)9-11/h5-6,11-12,17H,3-4,7-9H2,1-2H3. The van der Waals surface area contributed by atoms with Gasteiger partial charge in [-0.15, -0.1) is 0 Å². The van der Waals surface area contributed by atoms with Gasteiger partial charge in [-0.1, -0.05) is 0 Å². The fourth-order valence-electron chi connectivity index (χ4n) is 2.83. The average molecular weight is 257 g/mol. The van der Waals surface area contributed by atoms with Gasteiger partial charge in [0.1, 0.15) is 11.5 Å². The van der Waals surface area contributed by atoms with E-state index in [4.69, 9.17) is 4.42 Å². The Kier molecular flexibility index (Phi) is 4.05. The van der Waals surface area contributed by atoms with E-state index < -0.39 is 5.92 Å². The van der Waals surface area contributed by atoms with Crippen LogP contribution in [0.2, 0.25) is 0 Å². The highest BCUT2D eigenvalue weighted by atomic mass is 19.3. The van der Waals surface area contributed by atoms with Crippen molar-refractivity contribution in [3.8, 4) is 0 Å². The summed E-state index contributed by atoms with van der Waals surface area (Å²) < 4.78 is 32.3. The highest BCUT2D eigenvalue weighted by Gasteiger charge is 2.37. The number of furan rings is 1. The summed E-state index contributed by atoms with van der Waals surface area (Å²) in [6.45, 7) is 1.89. The minimum atomic E-state index is -2.47. The highest BCUT2D eigenvalue weighted by molar-refractivity contribution is 5.10. The van der Waals surface area contributed by atoms with Gasteiger partial charge in [-0.2, -0.15) is 0 Å². The zero-order chi connectivity index (χ0) is 13.2. The van der Waals surface area contributed by atoms with Gasteiger partial charge in [0.2, 0.25) is 5.92 Å². The number of halogens is 2. The SMILES string of the molecule is CNC(CC1CCCC(F)(F)C1)c1ccc(C)o1. The molecule has 0 radical (unpaired) electrons. The second kappa shape index (κ2) is 5.39. The zero-order valence-corrected chi connectivity index (χ0v) is 11.0. The normalized spacial score (nSPS) is 25.0. The Morgan fingerprint density at radius 1 is 1.50 bits per heavy atom. The summed E-state index contributed by atoms with van der Waals surface area (Å²) in [6, 6.07) is 3.88. The largest absolute Gasteiger partial charge is 0.465 e. The molecule has 1 saturated carbocycles. The van der Waals surface area contributed by atoms with Crippen molar-refractivity contribution in [1.29, 1.82) is 0 Å². The molecule has 1 heterocycles. The van der Waals surface area contributed by atoms with E-state index in [1.54, 1.807) is 0 Å². The monoisotopic (exact) mass is 257 g/mol. The van der Waals surface area contributed by atoms with Gasteiger partial charge in [0.25, 0.3) is 0 Å². The van der Waals surface area contributed by atoms with Crippen LogP contribution in [0.15, 0.2) is 16.5 Å². The Labute approximate surface area is 107 Å². The fourth-order valence-corrected chi connectivity index (χ4v) is 2.83. The van der Waals surface area contributed by atoms with Crippen LogP contribution in [0.5, 0.6) is 0 Å². The molecule has 1 aliphatic carbocycles. The molecule has 0 saturated heterocycles. The van der Waals surface area contributed by atoms with Crippen LogP contribution >= 0.6 is 0 Å². The van der Waals surface area contributed by atoms with Crippen molar-refractivity contribution in [1.82, 2.24) is 5.32 Å². The van der Waals surface area contributed by atoms with E-state index in [0.717, 1.165) is 24.4 Å². The van der Waals surface area contributed by atoms with Gasteiger partial charge < -0.3 is 9.73 Å². The molecule has 4 heteroatoms. The van der Waals surface area contributed by atoms with Crippen molar-refractivity contribution in [2.75, 3.05) is 7.05 Å². The molecule has 0 bridgehead atoms. The molecule has 18 heavy (non-hydrogen) atoms. The molecular weight excluding hydrogens is 236 g/mol. The number of alkyl halides is 2. The number of hydrogen-bond acceptors (Lipinski definition) is 2. The van der Waals surface area contributed by atoms with E-state index in [0.29, 0.717) is 6.42 Å². The summed E-state index contributed by atoms with van der Waals surface area (Å²) in [5.74, 6) is -0.681. The molecule has 1 aromatic heterocycles. The molecule has 1 aromatic rings. The molecule has 1 aliphatic rings. The predicted molar refractivity (Wildman–Crippen MR) is 66.8 cm³/mol. The summed E-state index contributed by atoms with van der Waals surface area (Å²) in [6.07, 6.45) is 2.32. The molecular formula is C14H21F2NO. The van der Waals surface area contributed by atoms with Crippen LogP contribution in [0.25, 0.3) is 0 Å². The van der Waals surface area contributed by atoms with Crippen LogP contribution in [0.1, 0.15) is 49.7 Å². The molecule has 2 rings (SSSR count). The third kappa shape index (κ3) is 3.31. The summed E-state index contributed by atoms with van der Waals surface area (Å²) in [5, 5.41) is 3.17. The Morgan fingerprint density at radius 2 is 2.28 bits per heavy atom. The molecule has 0 aromatic carbocycles. The van der Waals surface area contributed by atoms with Gasteiger partial charge in [0.05, 0.1) is 6.04 Å². The highest BCUT2D eigenvalue weighted by Crippen LogP contribution is 2.40. The maximum atomic E-state index is 13.4. The van der Waals surface area contributed by atoms with Crippen molar-refractivity contribution in [3.05, 3.63) is 23.7 Å². The molecule has 1 fully saturated rings. The van der Waals surface area contributed by atoms with Gasteiger partial charge in [0, 0.05) is 12.8 Å². The second-order valence-electron chi connectivity index (χ2n) is 5.34. The Balaban J connectivity index is 1.98. The second-order valence-corrected chi connectivity index (χ2v) is 5.34. The topological polar surface area (TPSA) is 25.2 Å². The number of nitrogens with one attached hydrogen (secondary N) is 1. The van der Waals surface area contributed by atoms with Crippen molar-refractivity contribution in [3.63, 3.8) is 0 Å². The summed E-state index contributed by atoms with van der Waals surface area (Å²) in [4.78, 5) is 0. The van der Waals surface area contributed by atoms with E-state index in [1.165, 1.54) is 0 Å². The minimum Gasteiger partial charge on any atom is -0.465 e. The molecule has 0 aliphatic heterocycles. The summed E-state index contributed by atoms with van der Waals surface area (Å²) in [7, 11) is 1.85. The first-order valence-corrected chi connectivity index (χ1v) is 6.61. The fraction of sp³-hybridized carbons (Fsp3) is 0.714. The summed E-state index contributed by atoms with van der Waals surface area (Å²) in [5.41, 5.74) is 0. The van der Waals surface area contributed by atoms with E-state index in [9.17, 15) is 8.78 Å². The van der Waals surface area contributed by atoms with Crippen molar-refractivity contribution in [2.45, 2.75) is 51.0 Å². The van der Waals surface area contributed by atoms with Gasteiger partial charge in [-0.05, 0) is 51.3 Å². The third-order valence-corrected chi connectivity index (χ3v) is 3.76. The van der Waals surface area contributed by atoms with Crippen molar-refractivity contribution in [2.24, 2.45) is 5.92 Å². The van der Waals surface area contributed by atoms with E-state index in [1.807, 2.05) is 26.1 Å². The molecule has 2 unspecified atom stereocenters. The van der Waals surface area contributed by atoms with Crippen LogP contribution in [-0.2, 0) is 0 Å². The Morgan fingerprint density at radius 3 is 2.83 bits per heavy atom. The predicted octanol–water partition coefficient (Wildman–Crippen LogP) is 4.06. The first-order chi connectivity index (χ1) is 8.50. The minimum absolute atomic E-state index is 0.0187. The van der Waals surface area contributed by atoms with E-state index in [-0.39, 0.29) is 24.8 Å². The molecule has 1 N–H and O–H groups in total. The van der Waals surface area contributed by atoms with Crippen molar-refractivity contribution < 1.29 is 13.2 Å². The maximum absolute atomic E-state index is 13.4. The van der Waals surface area contributed by atoms with Gasteiger partial charge in [-0.3, -0.25) is 0 Å². The van der Waals surface area contributed by atoms with Crippen LogP contribution in [0, 0.1) is 12.8 Å². The Hall–Kier alpha value is -0.900. The maximum Gasteiger partial charge on any atom is 0.248 e. The van der Waals surface area contributed by atoms with Gasteiger partial charge in [0.15, 0.2) is 0 Å². The van der Waals surface area contributed by atoms with Crippen molar-refractivity contribution >= 4 is 0 Å². The lowest BCUT2D eigenvalue weighted by Crippen LogP contribution is -2.29. The quantitative estimate of drug-likeness (QED) is 0.879. The first-order valence-electron chi connectivity index (χ1n) is 6.61. The average Bonchev–Trinajstić information content (AvgIpc) is 2.71. The molecule has 2 nitrogen and oxygen atoms in total. The lowest BCUT2D eigenvalue weighted by Gasteiger charge is -2.30. The molecule has 102 valence electrons. The van der Waals surface area contributed by atoms with Crippen LogP contribution < -0.4 is 5.32 Å². The Bertz CT molecular complexity index is 389. The van der Waals surface area contributed by atoms with Crippen LogP contribution in [-0.4, -0.2) is 13.0 Å². The number of rotatable bonds is 4. The lowest BCUT2D eigenvalue weighted by atomic mass is 9.82. The molecule has 0 spiro atoms. The number of hydrogen-bond donors (Lipinski definition) is 1.